The van der Waals surface area contributed by atoms with E-state index in [0.717, 1.165) is 24.5 Å². The first-order valence-corrected chi connectivity index (χ1v) is 12.0. The maximum Gasteiger partial charge on any atom is 0.261 e. The summed E-state index contributed by atoms with van der Waals surface area (Å²) in [6, 6.07) is 3.40. The Bertz CT molecular complexity index is 1560. The number of nitrogens with zero attached hydrogens (tertiary/aromatic N) is 5. The molecule has 0 radical (unpaired) electrons. The molecule has 0 unspecified atom stereocenters. The summed E-state index contributed by atoms with van der Waals surface area (Å²) in [5.74, 6) is -3.18. The largest absolute Gasteiger partial charge is 0.373 e. The normalized spacial score (nSPS) is 20.2. The molecule has 6 rings (SSSR count). The second-order valence-electron chi connectivity index (χ2n) is 9.63. The van der Waals surface area contributed by atoms with Crippen LogP contribution < -0.4 is 5.56 Å². The van der Waals surface area contributed by atoms with Gasteiger partial charge in [0.05, 0.1) is 23.7 Å². The number of aromatic nitrogens is 5. The molecule has 1 saturated carbocycles. The molecule has 0 bridgehead atoms. The highest BCUT2D eigenvalue weighted by Crippen LogP contribution is 2.40. The van der Waals surface area contributed by atoms with Gasteiger partial charge in [-0.3, -0.25) is 19.0 Å². The van der Waals surface area contributed by atoms with Gasteiger partial charge < -0.3 is 4.74 Å². The van der Waals surface area contributed by atoms with Gasteiger partial charge in [-0.05, 0) is 44.7 Å². The van der Waals surface area contributed by atoms with Gasteiger partial charge in [-0.2, -0.15) is 5.10 Å². The van der Waals surface area contributed by atoms with Crippen molar-refractivity contribution in [3.63, 3.8) is 0 Å². The average molecular weight is 496 g/mol. The average Bonchev–Trinajstić information content (AvgIpc) is 3.61. The van der Waals surface area contributed by atoms with Crippen LogP contribution in [0.25, 0.3) is 22.2 Å². The number of rotatable bonds is 4. The van der Waals surface area contributed by atoms with Gasteiger partial charge in [-0.25, -0.2) is 18.2 Å². The van der Waals surface area contributed by atoms with Crippen molar-refractivity contribution in [1.82, 2.24) is 24.3 Å². The zero-order valence-electron chi connectivity index (χ0n) is 19.8. The highest BCUT2D eigenvalue weighted by Gasteiger charge is 2.31. The molecule has 4 aromatic rings. The van der Waals surface area contributed by atoms with Crippen LogP contribution in [0.15, 0.2) is 35.4 Å². The van der Waals surface area contributed by atoms with Crippen LogP contribution >= 0.6 is 0 Å². The van der Waals surface area contributed by atoms with Crippen molar-refractivity contribution in [2.45, 2.75) is 50.7 Å². The third-order valence-corrected chi connectivity index (χ3v) is 7.19. The first-order valence-electron chi connectivity index (χ1n) is 12.0. The number of hydrogen-bond acceptors (Lipinski definition) is 5. The summed E-state index contributed by atoms with van der Waals surface area (Å²) in [5.41, 5.74) is 1.15. The Kier molecular flexibility index (Phi) is 5.44. The Morgan fingerprint density at radius 2 is 1.81 bits per heavy atom. The number of hydrogen-bond donors (Lipinski definition) is 0. The van der Waals surface area contributed by atoms with Crippen molar-refractivity contribution in [3.8, 4) is 11.3 Å². The van der Waals surface area contributed by atoms with E-state index in [1.54, 1.807) is 20.0 Å². The Hall–Kier alpha value is -3.53. The third-order valence-electron chi connectivity index (χ3n) is 7.19. The van der Waals surface area contributed by atoms with Crippen LogP contribution in [0.3, 0.4) is 0 Å². The van der Waals surface area contributed by atoms with Gasteiger partial charge >= 0.3 is 0 Å². The molecule has 0 spiro atoms. The van der Waals surface area contributed by atoms with Gasteiger partial charge in [0, 0.05) is 48.7 Å². The zero-order valence-corrected chi connectivity index (χ0v) is 19.8. The van der Waals surface area contributed by atoms with Crippen LogP contribution in [0.2, 0.25) is 0 Å². The third kappa shape index (κ3) is 3.89. The van der Waals surface area contributed by atoms with Crippen LogP contribution in [-0.2, 0) is 11.8 Å². The fourth-order valence-electron chi connectivity index (χ4n) is 4.86. The van der Waals surface area contributed by atoms with Gasteiger partial charge in [-0.1, -0.05) is 0 Å². The lowest BCUT2D eigenvalue weighted by Gasteiger charge is -2.29. The van der Waals surface area contributed by atoms with Crippen LogP contribution in [0.4, 0.5) is 13.2 Å². The van der Waals surface area contributed by atoms with Gasteiger partial charge in [0.1, 0.15) is 22.9 Å². The molecule has 10 heteroatoms. The fourth-order valence-corrected chi connectivity index (χ4v) is 4.86. The van der Waals surface area contributed by atoms with E-state index in [2.05, 4.69) is 10.1 Å². The molecule has 0 N–H and O–H groups in total. The number of fused-ring (bicyclic) bond motifs is 1. The Morgan fingerprint density at radius 1 is 1.03 bits per heavy atom. The topological polar surface area (TPSA) is 74.8 Å². The van der Waals surface area contributed by atoms with Gasteiger partial charge in [0.2, 0.25) is 0 Å². The first-order chi connectivity index (χ1) is 17.3. The minimum absolute atomic E-state index is 0.0179. The Morgan fingerprint density at radius 3 is 2.58 bits per heavy atom. The van der Waals surface area contributed by atoms with Gasteiger partial charge in [-0.15, -0.1) is 0 Å². The Labute approximate surface area is 204 Å². The van der Waals surface area contributed by atoms with E-state index in [9.17, 15) is 18.0 Å². The fraction of sp³-hybridized carbons (Fsp3) is 0.385. The molecule has 2 fully saturated rings. The second-order valence-corrected chi connectivity index (χ2v) is 9.63. The molecule has 36 heavy (non-hydrogen) atoms. The minimum Gasteiger partial charge on any atom is -0.373 e. The van der Waals surface area contributed by atoms with E-state index in [4.69, 9.17) is 9.72 Å². The zero-order chi connectivity index (χ0) is 25.1. The van der Waals surface area contributed by atoms with Crippen LogP contribution in [-0.4, -0.2) is 30.9 Å². The molecule has 7 nitrogen and oxygen atoms in total. The molecule has 0 amide bonds. The maximum absolute atomic E-state index is 14.9. The van der Waals surface area contributed by atoms with Crippen LogP contribution in [0, 0.1) is 24.4 Å². The van der Waals surface area contributed by atoms with Crippen molar-refractivity contribution in [3.05, 3.63) is 75.5 Å². The predicted octanol–water partition coefficient (Wildman–Crippen LogP) is 4.89. The van der Waals surface area contributed by atoms with Crippen LogP contribution in [0.5, 0.6) is 0 Å². The van der Waals surface area contributed by atoms with Crippen molar-refractivity contribution in [2.75, 3.05) is 6.61 Å². The van der Waals surface area contributed by atoms with Gasteiger partial charge in [0.25, 0.3) is 5.56 Å². The van der Waals surface area contributed by atoms with E-state index < -0.39 is 17.5 Å². The monoisotopic (exact) mass is 495 g/mol. The van der Waals surface area contributed by atoms with Crippen molar-refractivity contribution < 1.29 is 17.9 Å². The molecular weight excluding hydrogens is 471 g/mol. The van der Waals surface area contributed by atoms with E-state index in [-0.39, 0.29) is 39.7 Å². The molecule has 3 aromatic heterocycles. The number of ether oxygens (including phenoxy) is 1. The van der Waals surface area contributed by atoms with Crippen molar-refractivity contribution >= 4 is 10.9 Å². The van der Waals surface area contributed by atoms with E-state index in [1.807, 2.05) is 17.1 Å². The number of pyridine rings is 1. The minimum atomic E-state index is -1.30. The predicted molar refractivity (Wildman–Crippen MR) is 126 cm³/mol. The summed E-state index contributed by atoms with van der Waals surface area (Å²) < 4.78 is 52.1. The lowest BCUT2D eigenvalue weighted by molar-refractivity contribution is 0.00463. The molecule has 2 atom stereocenters. The standard InChI is InChI=1S/C26H24F3N5O2/c1-13-31-25-18(26(35)33(13)2)9-22(32-24(25)17-8-20(28)21(29)10-19(17)27)14-5-6-36-23(7-14)15-11-30-34(12-15)16-3-4-16/h8-12,14,16,23H,3-7H2,1-2H3/t14-,23+/m0/s1. The number of benzene rings is 1. The molecule has 1 aliphatic carbocycles. The molecule has 1 aliphatic heterocycles. The maximum atomic E-state index is 14.9. The van der Waals surface area contributed by atoms with Crippen molar-refractivity contribution in [1.29, 1.82) is 0 Å². The summed E-state index contributed by atoms with van der Waals surface area (Å²) in [7, 11) is 1.60. The van der Waals surface area contributed by atoms with Gasteiger partial charge in [0.15, 0.2) is 11.6 Å². The summed E-state index contributed by atoms with van der Waals surface area (Å²) in [5, 5.41) is 4.71. The number of halogens is 3. The lowest BCUT2D eigenvalue weighted by Crippen LogP contribution is -2.23. The molecule has 186 valence electrons. The first kappa shape index (κ1) is 22.9. The highest BCUT2D eigenvalue weighted by atomic mass is 19.2. The van der Waals surface area contributed by atoms with E-state index >= 15 is 0 Å². The molecule has 1 saturated heterocycles. The smallest absolute Gasteiger partial charge is 0.261 e. The molecule has 4 heterocycles. The van der Waals surface area contributed by atoms with E-state index in [0.29, 0.717) is 43.1 Å². The summed E-state index contributed by atoms with van der Waals surface area (Å²) >= 11 is 0. The molecular formula is C26H24F3N5O2. The second kappa shape index (κ2) is 8.55. The lowest BCUT2D eigenvalue weighted by atomic mass is 9.89. The summed E-state index contributed by atoms with van der Waals surface area (Å²) in [4.78, 5) is 22.3. The number of aryl methyl sites for hydroxylation is 1. The van der Waals surface area contributed by atoms with Crippen molar-refractivity contribution in [2.24, 2.45) is 7.05 Å². The summed E-state index contributed by atoms with van der Waals surface area (Å²) in [6.07, 6.45) is 7.13. The highest BCUT2D eigenvalue weighted by molar-refractivity contribution is 5.91. The molecule has 2 aliphatic rings. The molecule has 1 aromatic carbocycles. The van der Waals surface area contributed by atoms with Crippen LogP contribution in [0.1, 0.15) is 60.8 Å². The Balaban J connectivity index is 1.47. The summed E-state index contributed by atoms with van der Waals surface area (Å²) in [6.45, 7) is 2.12. The van der Waals surface area contributed by atoms with E-state index in [1.165, 1.54) is 4.57 Å². The quantitative estimate of drug-likeness (QED) is 0.377. The SMILES string of the molecule is Cc1nc2c(-c3cc(F)c(F)cc3F)nc([C@H]3CCO[C@@H](c4cnn(C5CC5)c4)C3)cc2c(=O)n1C.